The van der Waals surface area contributed by atoms with Crippen LogP contribution in [0.15, 0.2) is 48.5 Å². The molecule has 0 saturated heterocycles. The van der Waals surface area contributed by atoms with Crippen molar-refractivity contribution in [2.45, 2.75) is 26.7 Å². The van der Waals surface area contributed by atoms with E-state index in [1.54, 1.807) is 53.4 Å². The van der Waals surface area contributed by atoms with E-state index in [1.165, 1.54) is 4.90 Å². The molecule has 7 nitrogen and oxygen atoms in total. The lowest BCUT2D eigenvalue weighted by Crippen LogP contribution is -2.32. The predicted octanol–water partition coefficient (Wildman–Crippen LogP) is 3.18. The number of fused-ring (bicyclic) bond motifs is 1. The van der Waals surface area contributed by atoms with Gasteiger partial charge in [0.15, 0.2) is 0 Å². The van der Waals surface area contributed by atoms with Gasteiger partial charge in [-0.2, -0.15) is 0 Å². The molecule has 1 heterocycles. The molecule has 0 spiro atoms. The third-order valence-corrected chi connectivity index (χ3v) is 5.15. The van der Waals surface area contributed by atoms with Crippen LogP contribution in [0.1, 0.15) is 57.8 Å². The van der Waals surface area contributed by atoms with Crippen molar-refractivity contribution >= 4 is 29.3 Å². The van der Waals surface area contributed by atoms with E-state index in [2.05, 4.69) is 5.32 Å². The summed E-state index contributed by atoms with van der Waals surface area (Å²) in [6.07, 6.45) is 0.463. The number of nitrogens with zero attached hydrogens (tertiary/aromatic N) is 2. The largest absolute Gasteiger partial charge is 0.339 e. The molecule has 0 aromatic heterocycles. The van der Waals surface area contributed by atoms with Crippen molar-refractivity contribution in [3.05, 3.63) is 65.2 Å². The van der Waals surface area contributed by atoms with E-state index in [0.29, 0.717) is 41.9 Å². The first-order chi connectivity index (χ1) is 14.5. The minimum Gasteiger partial charge on any atom is -0.339 e. The number of para-hydroxylation sites is 1. The summed E-state index contributed by atoms with van der Waals surface area (Å²) < 4.78 is 0. The summed E-state index contributed by atoms with van der Waals surface area (Å²) in [6.45, 7) is 5.14. The maximum Gasteiger partial charge on any atom is 0.261 e. The summed E-state index contributed by atoms with van der Waals surface area (Å²) in [4.78, 5) is 52.7. The lowest BCUT2D eigenvalue weighted by Gasteiger charge is -2.20. The second-order valence-corrected chi connectivity index (χ2v) is 6.98. The van der Waals surface area contributed by atoms with Gasteiger partial charge in [0, 0.05) is 26.1 Å². The van der Waals surface area contributed by atoms with E-state index in [-0.39, 0.29) is 36.6 Å². The van der Waals surface area contributed by atoms with Gasteiger partial charge in [0.1, 0.15) is 0 Å². The molecular weight excluding hydrogens is 382 g/mol. The molecule has 0 unspecified atom stereocenters. The summed E-state index contributed by atoms with van der Waals surface area (Å²) in [5.74, 6) is -1.06. The Kier molecular flexibility index (Phi) is 6.61. The maximum absolute atomic E-state index is 12.7. The van der Waals surface area contributed by atoms with Gasteiger partial charge >= 0.3 is 0 Å². The van der Waals surface area contributed by atoms with Crippen LogP contribution in [-0.2, 0) is 4.79 Å². The van der Waals surface area contributed by atoms with Crippen LogP contribution in [0.4, 0.5) is 5.69 Å². The summed E-state index contributed by atoms with van der Waals surface area (Å²) in [5.41, 5.74) is 1.70. The Hall–Kier alpha value is -3.48. The molecule has 0 atom stereocenters. The van der Waals surface area contributed by atoms with Crippen LogP contribution in [0.2, 0.25) is 0 Å². The molecule has 0 saturated carbocycles. The first kappa shape index (κ1) is 21.2. The minimum atomic E-state index is -0.328. The van der Waals surface area contributed by atoms with E-state index in [1.807, 2.05) is 13.8 Å². The molecule has 0 bridgehead atoms. The first-order valence-electron chi connectivity index (χ1n) is 10.1. The zero-order valence-corrected chi connectivity index (χ0v) is 17.2. The van der Waals surface area contributed by atoms with E-state index < -0.39 is 0 Å². The van der Waals surface area contributed by atoms with Crippen LogP contribution in [0.25, 0.3) is 0 Å². The van der Waals surface area contributed by atoms with E-state index >= 15 is 0 Å². The third-order valence-electron chi connectivity index (χ3n) is 5.15. The highest BCUT2D eigenvalue weighted by Crippen LogP contribution is 2.23. The van der Waals surface area contributed by atoms with Gasteiger partial charge in [-0.3, -0.25) is 24.1 Å². The Labute approximate surface area is 175 Å². The second-order valence-electron chi connectivity index (χ2n) is 6.98. The molecule has 3 rings (SSSR count). The fourth-order valence-electron chi connectivity index (χ4n) is 3.51. The highest BCUT2D eigenvalue weighted by atomic mass is 16.2. The van der Waals surface area contributed by atoms with Gasteiger partial charge in [-0.05, 0) is 44.5 Å². The van der Waals surface area contributed by atoms with Crippen molar-refractivity contribution in [2.75, 3.05) is 25.0 Å². The number of amides is 4. The molecule has 1 N–H and O–H groups in total. The Morgan fingerprint density at radius 2 is 1.47 bits per heavy atom. The summed E-state index contributed by atoms with van der Waals surface area (Å²) in [7, 11) is 0. The monoisotopic (exact) mass is 407 g/mol. The van der Waals surface area contributed by atoms with E-state index in [0.717, 1.165) is 0 Å². The van der Waals surface area contributed by atoms with Gasteiger partial charge in [-0.1, -0.05) is 24.3 Å². The average Bonchev–Trinajstić information content (AvgIpc) is 3.00. The smallest absolute Gasteiger partial charge is 0.261 e. The van der Waals surface area contributed by atoms with Crippen LogP contribution in [0.3, 0.4) is 0 Å². The van der Waals surface area contributed by atoms with E-state index in [9.17, 15) is 19.2 Å². The van der Waals surface area contributed by atoms with Crippen LogP contribution in [0, 0.1) is 0 Å². The quantitative estimate of drug-likeness (QED) is 0.681. The highest BCUT2D eigenvalue weighted by molar-refractivity contribution is 6.21. The van der Waals surface area contributed by atoms with Crippen LogP contribution in [-0.4, -0.2) is 53.1 Å². The van der Waals surface area contributed by atoms with Crippen LogP contribution >= 0.6 is 0 Å². The predicted molar refractivity (Wildman–Crippen MR) is 113 cm³/mol. The second kappa shape index (κ2) is 9.35. The number of benzene rings is 2. The molecule has 0 radical (unpaired) electrons. The highest BCUT2D eigenvalue weighted by Gasteiger charge is 2.34. The number of carbonyl (C=O) groups excluding carboxylic acids is 4. The van der Waals surface area contributed by atoms with Crippen LogP contribution in [0.5, 0.6) is 0 Å². The van der Waals surface area contributed by atoms with Crippen molar-refractivity contribution < 1.29 is 19.2 Å². The summed E-state index contributed by atoms with van der Waals surface area (Å²) >= 11 is 0. The standard InChI is InChI=1S/C23H25N3O4/c1-3-25(4-2)21(28)18-12-7-8-13-19(18)24-20(27)14-9-15-26-22(29)16-10-5-6-11-17(16)23(26)30/h5-8,10-13H,3-4,9,14-15H2,1-2H3,(H,24,27). The molecule has 4 amide bonds. The van der Waals surface area contributed by atoms with Gasteiger partial charge < -0.3 is 10.2 Å². The Bertz CT molecular complexity index is 947. The number of rotatable bonds is 8. The Morgan fingerprint density at radius 1 is 0.900 bits per heavy atom. The molecule has 0 aliphatic carbocycles. The van der Waals surface area contributed by atoms with Gasteiger partial charge in [-0.25, -0.2) is 0 Å². The van der Waals surface area contributed by atoms with Gasteiger partial charge in [0.05, 0.1) is 22.4 Å². The molecule has 0 fully saturated rings. The van der Waals surface area contributed by atoms with Crippen molar-refractivity contribution in [3.63, 3.8) is 0 Å². The maximum atomic E-state index is 12.7. The third kappa shape index (κ3) is 4.25. The number of anilines is 1. The number of carbonyl (C=O) groups is 4. The molecule has 2 aromatic rings. The minimum absolute atomic E-state index is 0.126. The fourth-order valence-corrected chi connectivity index (χ4v) is 3.51. The van der Waals surface area contributed by atoms with Gasteiger partial charge in [0.25, 0.3) is 17.7 Å². The number of nitrogens with one attached hydrogen (secondary N) is 1. The van der Waals surface area contributed by atoms with Gasteiger partial charge in [-0.15, -0.1) is 0 Å². The van der Waals surface area contributed by atoms with Crippen molar-refractivity contribution in [1.82, 2.24) is 9.80 Å². The van der Waals surface area contributed by atoms with Crippen molar-refractivity contribution in [3.8, 4) is 0 Å². The Balaban J connectivity index is 1.58. The molecule has 1 aliphatic rings. The lowest BCUT2D eigenvalue weighted by atomic mass is 10.1. The molecule has 1 aliphatic heterocycles. The van der Waals surface area contributed by atoms with Crippen molar-refractivity contribution in [2.24, 2.45) is 0 Å². The summed E-state index contributed by atoms with van der Waals surface area (Å²) in [5, 5.41) is 2.78. The number of imide groups is 1. The summed E-state index contributed by atoms with van der Waals surface area (Å²) in [6, 6.07) is 13.6. The molecular formula is C23H25N3O4. The lowest BCUT2D eigenvalue weighted by molar-refractivity contribution is -0.116. The molecule has 156 valence electrons. The molecule has 7 heteroatoms. The first-order valence-corrected chi connectivity index (χ1v) is 10.1. The van der Waals surface area contributed by atoms with Gasteiger partial charge in [0.2, 0.25) is 5.91 Å². The average molecular weight is 407 g/mol. The molecule has 30 heavy (non-hydrogen) atoms. The SMILES string of the molecule is CCN(CC)C(=O)c1ccccc1NC(=O)CCCN1C(=O)c2ccccc2C1=O. The van der Waals surface area contributed by atoms with Crippen molar-refractivity contribution in [1.29, 1.82) is 0 Å². The zero-order valence-electron chi connectivity index (χ0n) is 17.2. The molecule has 2 aromatic carbocycles. The van der Waals surface area contributed by atoms with E-state index in [4.69, 9.17) is 0 Å². The normalized spacial score (nSPS) is 12.7. The zero-order chi connectivity index (χ0) is 21.7. The van der Waals surface area contributed by atoms with Crippen LogP contribution < -0.4 is 5.32 Å². The number of hydrogen-bond donors (Lipinski definition) is 1. The fraction of sp³-hybridized carbons (Fsp3) is 0.304. The number of hydrogen-bond acceptors (Lipinski definition) is 4. The Morgan fingerprint density at radius 3 is 2.07 bits per heavy atom. The topological polar surface area (TPSA) is 86.8 Å².